The molecule has 3 rings (SSSR count). The van der Waals surface area contributed by atoms with Crippen molar-refractivity contribution in [2.75, 3.05) is 47.9 Å². The molecule has 0 aromatic heterocycles. The van der Waals surface area contributed by atoms with E-state index in [0.29, 0.717) is 19.0 Å². The van der Waals surface area contributed by atoms with Gasteiger partial charge in [0.25, 0.3) is 0 Å². The van der Waals surface area contributed by atoms with Crippen LogP contribution in [0, 0.1) is 13.8 Å². The van der Waals surface area contributed by atoms with Gasteiger partial charge in [-0.1, -0.05) is 0 Å². The molecule has 1 aliphatic heterocycles. The highest BCUT2D eigenvalue weighted by atomic mass is 32.2. The van der Waals surface area contributed by atoms with Crippen LogP contribution in [-0.2, 0) is 15.8 Å². The molecule has 1 aromatic rings. The van der Waals surface area contributed by atoms with Gasteiger partial charge in [0.1, 0.15) is 16.7 Å². The van der Waals surface area contributed by atoms with Gasteiger partial charge in [0, 0.05) is 38.1 Å². The van der Waals surface area contributed by atoms with Gasteiger partial charge in [-0.3, -0.25) is 4.79 Å². The van der Waals surface area contributed by atoms with Gasteiger partial charge in [-0.15, -0.1) is 0 Å². The Morgan fingerprint density at radius 3 is 2.18 bits per heavy atom. The molecule has 192 valence electrons. The number of nitrogens with zero attached hydrogens (tertiary/aromatic N) is 3. The molecule has 8 heteroatoms. The van der Waals surface area contributed by atoms with E-state index >= 15 is 0 Å². The zero-order valence-electron chi connectivity index (χ0n) is 21.9. The minimum absolute atomic E-state index is 0.0577. The number of likely N-dealkylation sites (tertiary alicyclic amines) is 1. The number of benzene rings is 1. The van der Waals surface area contributed by atoms with Crippen molar-refractivity contribution >= 4 is 16.9 Å². The molecule has 2 fully saturated rings. The number of ether oxygens (including phenoxy) is 1. The summed E-state index contributed by atoms with van der Waals surface area (Å²) in [6.45, 7) is 6.75. The lowest BCUT2D eigenvalue weighted by Gasteiger charge is -2.42. The molecule has 0 bridgehead atoms. The van der Waals surface area contributed by atoms with E-state index in [0.717, 1.165) is 53.5 Å². The van der Waals surface area contributed by atoms with Crippen LogP contribution in [0.1, 0.15) is 56.1 Å². The maximum Gasteiger partial charge on any atom is 0.221 e. The van der Waals surface area contributed by atoms with E-state index in [-0.39, 0.29) is 11.9 Å². The summed E-state index contributed by atoms with van der Waals surface area (Å²) < 4.78 is 20.2. The van der Waals surface area contributed by atoms with E-state index in [2.05, 4.69) is 29.2 Å². The highest BCUT2D eigenvalue weighted by Gasteiger charge is 2.30. The molecule has 0 spiro atoms. The summed E-state index contributed by atoms with van der Waals surface area (Å²) in [4.78, 5) is 18.4. The molecule has 1 N–H and O–H groups in total. The van der Waals surface area contributed by atoms with Crippen molar-refractivity contribution in [3.05, 3.63) is 23.3 Å². The fourth-order valence-electron chi connectivity index (χ4n) is 5.45. The molecule has 0 radical (unpaired) electrons. The Balaban J connectivity index is 1.40. The lowest BCUT2D eigenvalue weighted by atomic mass is 9.88. The third-order valence-corrected chi connectivity index (χ3v) is 9.33. The zero-order valence-corrected chi connectivity index (χ0v) is 22.7. The van der Waals surface area contributed by atoms with Gasteiger partial charge in [-0.05, 0) is 103 Å². The van der Waals surface area contributed by atoms with E-state index in [4.69, 9.17) is 4.74 Å². The molecular formula is C26H44N4O3S. The highest BCUT2D eigenvalue weighted by Crippen LogP contribution is 2.27. The van der Waals surface area contributed by atoms with Crippen LogP contribution in [0.3, 0.4) is 0 Å². The average Bonchev–Trinajstić information content (AvgIpc) is 2.82. The standard InChI is InChI=1S/C26H44N4O3S/c1-19-17-24(33-6)18-20(2)26(19)34(32)29(5)14-13-25(31)27-21-7-9-23(10-8-21)30-15-11-22(12-16-30)28(3)4/h17-18,21-23H,7-16H2,1-6H3,(H,27,31). The Morgan fingerprint density at radius 1 is 1.06 bits per heavy atom. The van der Waals surface area contributed by atoms with E-state index in [9.17, 15) is 9.00 Å². The van der Waals surface area contributed by atoms with Gasteiger partial charge < -0.3 is 19.9 Å². The fourth-order valence-corrected chi connectivity index (χ4v) is 6.69. The number of rotatable bonds is 9. The molecule has 34 heavy (non-hydrogen) atoms. The fraction of sp³-hybridized carbons (Fsp3) is 0.731. The van der Waals surface area contributed by atoms with Crippen molar-refractivity contribution < 1.29 is 13.7 Å². The van der Waals surface area contributed by atoms with Gasteiger partial charge in [-0.25, -0.2) is 8.51 Å². The maximum absolute atomic E-state index is 13.1. The number of hydrogen-bond acceptors (Lipinski definition) is 5. The zero-order chi connectivity index (χ0) is 24.8. The first kappa shape index (κ1) is 27.1. The molecule has 2 aliphatic rings. The molecule has 1 saturated heterocycles. The van der Waals surface area contributed by atoms with Crippen molar-refractivity contribution in [2.45, 2.75) is 81.8 Å². The summed E-state index contributed by atoms with van der Waals surface area (Å²) in [6, 6.07) is 5.46. The number of carbonyl (C=O) groups is 1. The minimum atomic E-state index is -1.31. The maximum atomic E-state index is 13.1. The van der Waals surface area contributed by atoms with Gasteiger partial charge >= 0.3 is 0 Å². The third kappa shape index (κ3) is 7.03. The van der Waals surface area contributed by atoms with Crippen molar-refractivity contribution in [1.29, 1.82) is 0 Å². The second kappa shape index (κ2) is 12.5. The SMILES string of the molecule is COc1cc(C)c(S(=O)N(C)CCC(=O)NC2CCC(N3CCC(N(C)C)CC3)CC2)c(C)c1. The first-order chi connectivity index (χ1) is 16.2. The van der Waals surface area contributed by atoms with Crippen molar-refractivity contribution in [1.82, 2.24) is 19.4 Å². The van der Waals surface area contributed by atoms with Crippen LogP contribution in [0.2, 0.25) is 0 Å². The smallest absolute Gasteiger partial charge is 0.221 e. The first-order valence-corrected chi connectivity index (χ1v) is 13.8. The molecule has 1 aliphatic carbocycles. The van der Waals surface area contributed by atoms with Crippen LogP contribution >= 0.6 is 0 Å². The number of aryl methyl sites for hydroxylation is 2. The summed E-state index contributed by atoms with van der Waals surface area (Å²) in [5, 5.41) is 3.23. The summed E-state index contributed by atoms with van der Waals surface area (Å²) in [6.07, 6.45) is 7.30. The second-order valence-corrected chi connectivity index (χ2v) is 11.8. The Kier molecular flexibility index (Phi) is 9.95. The largest absolute Gasteiger partial charge is 0.497 e. The summed E-state index contributed by atoms with van der Waals surface area (Å²) in [5.41, 5.74) is 1.88. The number of methoxy groups -OCH3 is 1. The minimum Gasteiger partial charge on any atom is -0.497 e. The Morgan fingerprint density at radius 2 is 1.65 bits per heavy atom. The lowest BCUT2D eigenvalue weighted by molar-refractivity contribution is -0.122. The molecule has 7 nitrogen and oxygen atoms in total. The van der Waals surface area contributed by atoms with E-state index in [1.165, 1.54) is 25.9 Å². The number of carbonyl (C=O) groups excluding carboxylic acids is 1. The molecule has 1 saturated carbocycles. The van der Waals surface area contributed by atoms with Gasteiger partial charge in [-0.2, -0.15) is 0 Å². The number of piperidine rings is 1. The van der Waals surface area contributed by atoms with Crippen LogP contribution in [0.5, 0.6) is 5.75 Å². The van der Waals surface area contributed by atoms with Crippen LogP contribution in [0.4, 0.5) is 0 Å². The Labute approximate surface area is 208 Å². The molecule has 1 amide bonds. The van der Waals surface area contributed by atoms with Crippen LogP contribution < -0.4 is 10.1 Å². The van der Waals surface area contributed by atoms with Crippen molar-refractivity contribution in [2.24, 2.45) is 0 Å². The molecule has 1 aromatic carbocycles. The van der Waals surface area contributed by atoms with E-state index in [1.54, 1.807) is 11.4 Å². The van der Waals surface area contributed by atoms with Gasteiger partial charge in [0.15, 0.2) is 0 Å². The molecule has 1 atom stereocenters. The second-order valence-electron chi connectivity index (χ2n) is 10.2. The Hall–Kier alpha value is -1.48. The van der Waals surface area contributed by atoms with Crippen molar-refractivity contribution in [3.63, 3.8) is 0 Å². The van der Waals surface area contributed by atoms with Crippen LogP contribution in [0.15, 0.2) is 17.0 Å². The summed E-state index contributed by atoms with van der Waals surface area (Å²) in [5.74, 6) is 0.827. The predicted molar refractivity (Wildman–Crippen MR) is 139 cm³/mol. The van der Waals surface area contributed by atoms with Crippen LogP contribution in [-0.4, -0.2) is 90.2 Å². The molecule has 1 heterocycles. The topological polar surface area (TPSA) is 65.1 Å². The lowest BCUT2D eigenvalue weighted by Crippen LogP contribution is -2.49. The summed E-state index contributed by atoms with van der Waals surface area (Å²) in [7, 11) is 6.51. The number of nitrogens with one attached hydrogen (secondary N) is 1. The number of amides is 1. The highest BCUT2D eigenvalue weighted by molar-refractivity contribution is 7.82. The quantitative estimate of drug-likeness (QED) is 0.574. The summed E-state index contributed by atoms with van der Waals surface area (Å²) >= 11 is 0. The van der Waals surface area contributed by atoms with Gasteiger partial charge in [0.2, 0.25) is 5.91 Å². The average molecular weight is 493 g/mol. The Bertz CT molecular complexity index is 823. The van der Waals surface area contributed by atoms with E-state index in [1.807, 2.05) is 33.0 Å². The predicted octanol–water partition coefficient (Wildman–Crippen LogP) is 3.11. The van der Waals surface area contributed by atoms with E-state index < -0.39 is 11.0 Å². The normalized spacial score (nSPS) is 23.3. The molecular weight excluding hydrogens is 448 g/mol. The van der Waals surface area contributed by atoms with Crippen molar-refractivity contribution in [3.8, 4) is 5.75 Å². The first-order valence-electron chi connectivity index (χ1n) is 12.7. The monoisotopic (exact) mass is 492 g/mol. The van der Waals surface area contributed by atoms with Crippen LogP contribution in [0.25, 0.3) is 0 Å². The third-order valence-electron chi connectivity index (χ3n) is 7.59. The molecule has 1 unspecified atom stereocenters. The number of hydrogen-bond donors (Lipinski definition) is 1. The van der Waals surface area contributed by atoms with Gasteiger partial charge in [0.05, 0.1) is 12.0 Å².